The van der Waals surface area contributed by atoms with Gasteiger partial charge in [-0.25, -0.2) is 0 Å². The van der Waals surface area contributed by atoms with E-state index < -0.39 is 6.10 Å². The Bertz CT molecular complexity index is 386. The van der Waals surface area contributed by atoms with Gasteiger partial charge in [0.05, 0.1) is 18.3 Å². The van der Waals surface area contributed by atoms with Gasteiger partial charge in [-0.1, -0.05) is 37.3 Å². The van der Waals surface area contributed by atoms with Crippen molar-refractivity contribution >= 4 is 0 Å². The van der Waals surface area contributed by atoms with E-state index in [4.69, 9.17) is 9.47 Å². The van der Waals surface area contributed by atoms with Gasteiger partial charge in [0.2, 0.25) is 0 Å². The lowest BCUT2D eigenvalue weighted by atomic mass is 9.99. The first-order valence-electron chi connectivity index (χ1n) is 7.23. The van der Waals surface area contributed by atoms with Crippen LogP contribution in [0.15, 0.2) is 30.3 Å². The van der Waals surface area contributed by atoms with Crippen LogP contribution in [0.4, 0.5) is 0 Å². The average molecular weight is 279 g/mol. The lowest BCUT2D eigenvalue weighted by Crippen LogP contribution is -2.38. The Morgan fingerprint density at radius 2 is 1.70 bits per heavy atom. The van der Waals surface area contributed by atoms with Gasteiger partial charge in [-0.15, -0.1) is 0 Å². The molecule has 1 fully saturated rings. The summed E-state index contributed by atoms with van der Waals surface area (Å²) >= 11 is 0. The molecule has 0 radical (unpaired) electrons. The van der Waals surface area contributed by atoms with Gasteiger partial charge in [-0.05, 0) is 12.0 Å². The van der Waals surface area contributed by atoms with Crippen LogP contribution in [0.25, 0.3) is 0 Å². The molecule has 1 aromatic rings. The molecule has 0 bridgehead atoms. The number of hydrogen-bond acceptors (Lipinski definition) is 4. The summed E-state index contributed by atoms with van der Waals surface area (Å²) < 4.78 is 11.0. The summed E-state index contributed by atoms with van der Waals surface area (Å²) in [7, 11) is 3.43. The number of ether oxygens (including phenoxy) is 2. The van der Waals surface area contributed by atoms with E-state index in [9.17, 15) is 5.11 Å². The van der Waals surface area contributed by atoms with Crippen LogP contribution in [0.5, 0.6) is 0 Å². The molecule has 1 aliphatic heterocycles. The second-order valence-corrected chi connectivity index (χ2v) is 5.33. The topological polar surface area (TPSA) is 41.9 Å². The summed E-state index contributed by atoms with van der Waals surface area (Å²) in [6, 6.07) is 9.94. The summed E-state index contributed by atoms with van der Waals surface area (Å²) in [5.74, 6) is 0. The molecule has 2 rings (SSSR count). The second-order valence-electron chi connectivity index (χ2n) is 5.33. The van der Waals surface area contributed by atoms with Crippen molar-refractivity contribution < 1.29 is 14.6 Å². The average Bonchev–Trinajstić information content (AvgIpc) is 2.92. The summed E-state index contributed by atoms with van der Waals surface area (Å²) in [5, 5.41) is 10.6. The van der Waals surface area contributed by atoms with E-state index in [2.05, 4.69) is 11.8 Å². The van der Waals surface area contributed by atoms with Crippen LogP contribution < -0.4 is 0 Å². The van der Waals surface area contributed by atoms with Gasteiger partial charge in [-0.2, -0.15) is 0 Å². The molecular weight excluding hydrogens is 254 g/mol. The molecule has 0 amide bonds. The quantitative estimate of drug-likeness (QED) is 0.863. The maximum absolute atomic E-state index is 10.6. The fraction of sp³-hybridized carbons (Fsp3) is 0.625. The Balaban J connectivity index is 2.09. The van der Waals surface area contributed by atoms with Crippen molar-refractivity contribution in [1.82, 2.24) is 4.90 Å². The highest BCUT2D eigenvalue weighted by Gasteiger charge is 2.38. The normalized spacial score (nSPS) is 26.6. The van der Waals surface area contributed by atoms with E-state index >= 15 is 0 Å². The van der Waals surface area contributed by atoms with E-state index in [0.717, 1.165) is 25.1 Å². The third-order valence-electron chi connectivity index (χ3n) is 4.24. The zero-order valence-electron chi connectivity index (χ0n) is 12.5. The van der Waals surface area contributed by atoms with Crippen molar-refractivity contribution in [2.24, 2.45) is 0 Å². The van der Waals surface area contributed by atoms with Gasteiger partial charge in [0.25, 0.3) is 0 Å². The predicted octanol–water partition coefficient (Wildman–Crippen LogP) is 1.84. The maximum Gasteiger partial charge on any atom is 0.0971 e. The van der Waals surface area contributed by atoms with E-state index in [-0.39, 0.29) is 18.2 Å². The number of nitrogens with zero attached hydrogens (tertiary/aromatic N) is 1. The molecule has 1 saturated heterocycles. The number of aliphatic hydroxyl groups excluding tert-OH is 1. The molecule has 4 nitrogen and oxygen atoms in total. The summed E-state index contributed by atoms with van der Waals surface area (Å²) in [5.41, 5.74) is 0.967. The first kappa shape index (κ1) is 15.4. The highest BCUT2D eigenvalue weighted by atomic mass is 16.5. The Kier molecular flexibility index (Phi) is 5.54. The summed E-state index contributed by atoms with van der Waals surface area (Å²) in [6.07, 6.45) is 0.575. The smallest absolute Gasteiger partial charge is 0.0971 e. The van der Waals surface area contributed by atoms with Crippen LogP contribution in [0.3, 0.4) is 0 Å². The summed E-state index contributed by atoms with van der Waals surface area (Å²) in [6.45, 7) is 3.72. The van der Waals surface area contributed by atoms with Crippen LogP contribution in [0.2, 0.25) is 0 Å². The number of hydrogen-bond donors (Lipinski definition) is 1. The Labute approximate surface area is 121 Å². The van der Waals surface area contributed by atoms with E-state index in [1.54, 1.807) is 14.2 Å². The van der Waals surface area contributed by atoms with Gasteiger partial charge in [0.15, 0.2) is 0 Å². The van der Waals surface area contributed by atoms with Gasteiger partial charge in [0, 0.05) is 33.4 Å². The van der Waals surface area contributed by atoms with Crippen molar-refractivity contribution in [1.29, 1.82) is 0 Å². The van der Waals surface area contributed by atoms with Crippen molar-refractivity contribution in [3.05, 3.63) is 35.9 Å². The van der Waals surface area contributed by atoms with Gasteiger partial charge >= 0.3 is 0 Å². The lowest BCUT2D eigenvalue weighted by Gasteiger charge is -2.31. The molecule has 1 aliphatic rings. The molecule has 4 atom stereocenters. The molecule has 4 unspecified atom stereocenters. The molecule has 0 spiro atoms. The first-order chi connectivity index (χ1) is 9.71. The van der Waals surface area contributed by atoms with Crippen LogP contribution in [0, 0.1) is 0 Å². The Hall–Kier alpha value is -0.940. The number of aliphatic hydroxyl groups is 1. The molecule has 4 heteroatoms. The molecular formula is C16H25NO3. The van der Waals surface area contributed by atoms with Crippen molar-refractivity contribution in [2.45, 2.75) is 37.7 Å². The molecule has 0 saturated carbocycles. The van der Waals surface area contributed by atoms with Crippen molar-refractivity contribution in [3.63, 3.8) is 0 Å². The maximum atomic E-state index is 10.6. The van der Waals surface area contributed by atoms with Crippen LogP contribution in [0.1, 0.15) is 25.0 Å². The minimum atomic E-state index is -0.477. The molecule has 112 valence electrons. The van der Waals surface area contributed by atoms with Crippen molar-refractivity contribution in [3.8, 4) is 0 Å². The lowest BCUT2D eigenvalue weighted by molar-refractivity contribution is -0.00461. The molecule has 20 heavy (non-hydrogen) atoms. The monoisotopic (exact) mass is 279 g/mol. The van der Waals surface area contributed by atoms with Gasteiger partial charge in [0.1, 0.15) is 0 Å². The van der Waals surface area contributed by atoms with Gasteiger partial charge < -0.3 is 14.6 Å². The van der Waals surface area contributed by atoms with Crippen LogP contribution in [-0.2, 0) is 9.47 Å². The third kappa shape index (κ3) is 3.20. The fourth-order valence-corrected chi connectivity index (χ4v) is 3.05. The minimum Gasteiger partial charge on any atom is -0.387 e. The molecule has 1 heterocycles. The number of likely N-dealkylation sites (tertiary alicyclic amines) is 1. The van der Waals surface area contributed by atoms with E-state index in [1.807, 2.05) is 30.3 Å². The zero-order valence-corrected chi connectivity index (χ0v) is 12.5. The minimum absolute atomic E-state index is 0.0806. The molecule has 0 aromatic heterocycles. The van der Waals surface area contributed by atoms with Crippen LogP contribution in [-0.4, -0.2) is 55.6 Å². The zero-order chi connectivity index (χ0) is 14.5. The number of methoxy groups -OCH3 is 2. The SMILES string of the molecule is CCC(C(O)c1ccccc1)N1CC(OC)C(OC)C1. The van der Waals surface area contributed by atoms with Crippen molar-refractivity contribution in [2.75, 3.05) is 27.3 Å². The molecule has 1 N–H and O–H groups in total. The second kappa shape index (κ2) is 7.18. The third-order valence-corrected chi connectivity index (χ3v) is 4.24. The standard InChI is InChI=1S/C16H25NO3/c1-4-13(16(18)12-8-6-5-7-9-12)17-10-14(19-2)15(11-17)20-3/h5-9,13-16,18H,4,10-11H2,1-3H3. The molecule has 0 aliphatic carbocycles. The van der Waals surface area contributed by atoms with Gasteiger partial charge in [-0.3, -0.25) is 4.90 Å². The summed E-state index contributed by atoms with van der Waals surface area (Å²) in [4.78, 5) is 2.28. The Morgan fingerprint density at radius 1 is 1.15 bits per heavy atom. The predicted molar refractivity (Wildman–Crippen MR) is 78.6 cm³/mol. The highest BCUT2D eigenvalue weighted by molar-refractivity contribution is 5.19. The first-order valence-corrected chi connectivity index (χ1v) is 7.23. The fourth-order valence-electron chi connectivity index (χ4n) is 3.05. The van der Waals surface area contributed by atoms with E-state index in [1.165, 1.54) is 0 Å². The van der Waals surface area contributed by atoms with Crippen LogP contribution >= 0.6 is 0 Å². The Morgan fingerprint density at radius 3 is 2.15 bits per heavy atom. The highest BCUT2D eigenvalue weighted by Crippen LogP contribution is 2.28. The molecule has 1 aromatic carbocycles. The number of rotatable bonds is 6. The van der Waals surface area contributed by atoms with E-state index in [0.29, 0.717) is 0 Å². The number of benzene rings is 1. The largest absolute Gasteiger partial charge is 0.387 e.